The van der Waals surface area contributed by atoms with Crippen molar-refractivity contribution in [1.29, 1.82) is 0 Å². The van der Waals surface area contributed by atoms with Crippen LogP contribution in [0, 0.1) is 23.0 Å². The van der Waals surface area contributed by atoms with Crippen LogP contribution in [-0.4, -0.2) is 29.7 Å². The SMILES string of the molecule is Cc1cccc([N+](=O)[O-])c1N1CC(CO)C1. The summed E-state index contributed by atoms with van der Waals surface area (Å²) in [5.74, 6) is 0.249. The summed E-state index contributed by atoms with van der Waals surface area (Å²) < 4.78 is 0. The Bertz CT molecular complexity index is 414. The van der Waals surface area contributed by atoms with E-state index >= 15 is 0 Å². The quantitative estimate of drug-likeness (QED) is 0.619. The van der Waals surface area contributed by atoms with Gasteiger partial charge in [0.15, 0.2) is 0 Å². The molecule has 1 N–H and O–H groups in total. The molecule has 0 radical (unpaired) electrons. The van der Waals surface area contributed by atoms with E-state index in [0.29, 0.717) is 18.8 Å². The van der Waals surface area contributed by atoms with E-state index in [1.54, 1.807) is 6.07 Å². The molecule has 0 aliphatic carbocycles. The molecule has 0 unspecified atom stereocenters. The van der Waals surface area contributed by atoms with Crippen molar-refractivity contribution in [3.05, 3.63) is 33.9 Å². The highest BCUT2D eigenvalue weighted by atomic mass is 16.6. The Hall–Kier alpha value is -1.62. The summed E-state index contributed by atoms with van der Waals surface area (Å²) in [7, 11) is 0. The van der Waals surface area contributed by atoms with Gasteiger partial charge in [0.1, 0.15) is 5.69 Å². The van der Waals surface area contributed by atoms with Crippen LogP contribution in [0.2, 0.25) is 0 Å². The summed E-state index contributed by atoms with van der Waals surface area (Å²) in [6, 6.07) is 5.09. The Kier molecular flexibility index (Phi) is 2.78. The fraction of sp³-hybridized carbons (Fsp3) is 0.455. The lowest BCUT2D eigenvalue weighted by Gasteiger charge is -2.40. The molecule has 1 aromatic carbocycles. The first kappa shape index (κ1) is 10.9. The van der Waals surface area contributed by atoms with Crippen molar-refractivity contribution in [2.24, 2.45) is 5.92 Å². The number of aliphatic hydroxyl groups is 1. The van der Waals surface area contributed by atoms with Gasteiger partial charge in [0.25, 0.3) is 5.69 Å². The molecule has 16 heavy (non-hydrogen) atoms. The van der Waals surface area contributed by atoms with Crippen molar-refractivity contribution in [2.75, 3.05) is 24.6 Å². The van der Waals surface area contributed by atoms with Crippen LogP contribution < -0.4 is 4.90 Å². The molecule has 0 saturated carbocycles. The number of nitro groups is 1. The molecule has 0 aromatic heterocycles. The molecule has 0 amide bonds. The van der Waals surface area contributed by atoms with Crippen molar-refractivity contribution in [3.8, 4) is 0 Å². The van der Waals surface area contributed by atoms with Gasteiger partial charge in [0, 0.05) is 31.7 Å². The van der Waals surface area contributed by atoms with Crippen molar-refractivity contribution in [3.63, 3.8) is 0 Å². The molecule has 86 valence electrons. The van der Waals surface area contributed by atoms with Gasteiger partial charge in [0.05, 0.1) is 4.92 Å². The highest BCUT2D eigenvalue weighted by Gasteiger charge is 2.31. The number of nitro benzene ring substituents is 1. The second-order valence-electron chi connectivity index (χ2n) is 4.15. The molecular formula is C11H14N2O3. The predicted molar refractivity (Wildman–Crippen MR) is 60.6 cm³/mol. The number of rotatable bonds is 3. The minimum atomic E-state index is -0.353. The lowest BCUT2D eigenvalue weighted by atomic mass is 9.98. The second-order valence-corrected chi connectivity index (χ2v) is 4.15. The highest BCUT2D eigenvalue weighted by Crippen LogP contribution is 2.35. The molecule has 1 aliphatic heterocycles. The van der Waals surface area contributed by atoms with E-state index in [4.69, 9.17) is 5.11 Å². The van der Waals surface area contributed by atoms with E-state index in [-0.39, 0.29) is 23.1 Å². The summed E-state index contributed by atoms with van der Waals surface area (Å²) in [5, 5.41) is 19.8. The summed E-state index contributed by atoms with van der Waals surface area (Å²) in [6.45, 7) is 3.41. The van der Waals surface area contributed by atoms with Gasteiger partial charge in [0.2, 0.25) is 0 Å². The van der Waals surface area contributed by atoms with E-state index in [9.17, 15) is 10.1 Å². The maximum Gasteiger partial charge on any atom is 0.292 e. The molecule has 1 heterocycles. The minimum absolute atomic E-state index is 0.149. The van der Waals surface area contributed by atoms with Crippen molar-refractivity contribution in [1.82, 2.24) is 0 Å². The zero-order valence-electron chi connectivity index (χ0n) is 9.09. The molecule has 1 aromatic rings. The molecule has 0 bridgehead atoms. The fourth-order valence-electron chi connectivity index (χ4n) is 2.07. The highest BCUT2D eigenvalue weighted by molar-refractivity contribution is 5.68. The number of hydrogen-bond acceptors (Lipinski definition) is 4. The van der Waals surface area contributed by atoms with Crippen LogP contribution >= 0.6 is 0 Å². The van der Waals surface area contributed by atoms with Crippen LogP contribution in [0.5, 0.6) is 0 Å². The van der Waals surface area contributed by atoms with E-state index in [0.717, 1.165) is 5.56 Å². The van der Waals surface area contributed by atoms with Gasteiger partial charge in [-0.2, -0.15) is 0 Å². The monoisotopic (exact) mass is 222 g/mol. The Morgan fingerprint density at radius 1 is 1.56 bits per heavy atom. The number of anilines is 1. The topological polar surface area (TPSA) is 66.6 Å². The summed E-state index contributed by atoms with van der Waals surface area (Å²) in [4.78, 5) is 12.5. The largest absolute Gasteiger partial charge is 0.396 e. The lowest BCUT2D eigenvalue weighted by molar-refractivity contribution is -0.384. The van der Waals surface area contributed by atoms with Gasteiger partial charge in [-0.15, -0.1) is 0 Å². The normalized spacial score (nSPS) is 16.0. The Balaban J connectivity index is 2.29. The van der Waals surface area contributed by atoms with E-state index < -0.39 is 0 Å². The third kappa shape index (κ3) is 1.74. The summed E-state index contributed by atoms with van der Waals surface area (Å²) in [6.07, 6.45) is 0. The molecule has 0 spiro atoms. The van der Waals surface area contributed by atoms with Crippen molar-refractivity contribution >= 4 is 11.4 Å². The maximum absolute atomic E-state index is 10.9. The predicted octanol–water partition coefficient (Wildman–Crippen LogP) is 1.33. The van der Waals surface area contributed by atoms with Crippen LogP contribution in [0.15, 0.2) is 18.2 Å². The number of benzene rings is 1. The Morgan fingerprint density at radius 3 is 2.81 bits per heavy atom. The van der Waals surface area contributed by atoms with Crippen molar-refractivity contribution in [2.45, 2.75) is 6.92 Å². The van der Waals surface area contributed by atoms with Gasteiger partial charge >= 0.3 is 0 Å². The number of para-hydroxylation sites is 1. The molecule has 1 aliphatic rings. The van der Waals surface area contributed by atoms with Crippen LogP contribution in [0.25, 0.3) is 0 Å². The smallest absolute Gasteiger partial charge is 0.292 e. The first-order valence-electron chi connectivity index (χ1n) is 5.23. The zero-order chi connectivity index (χ0) is 11.7. The van der Waals surface area contributed by atoms with Gasteiger partial charge in [-0.25, -0.2) is 0 Å². The van der Waals surface area contributed by atoms with Gasteiger partial charge in [-0.05, 0) is 12.5 Å². The number of nitrogens with zero attached hydrogens (tertiary/aromatic N) is 2. The number of aryl methyl sites for hydroxylation is 1. The summed E-state index contributed by atoms with van der Waals surface area (Å²) >= 11 is 0. The van der Waals surface area contributed by atoms with Gasteiger partial charge < -0.3 is 10.0 Å². The first-order chi connectivity index (χ1) is 7.63. The number of aliphatic hydroxyl groups excluding tert-OH is 1. The minimum Gasteiger partial charge on any atom is -0.396 e. The van der Waals surface area contributed by atoms with Crippen molar-refractivity contribution < 1.29 is 10.0 Å². The average Bonchev–Trinajstić information content (AvgIpc) is 2.18. The standard InChI is InChI=1S/C11H14N2O3/c1-8-3-2-4-10(13(15)16)11(8)12-5-9(6-12)7-14/h2-4,9,14H,5-7H2,1H3. The third-order valence-electron chi connectivity index (χ3n) is 2.94. The summed E-state index contributed by atoms with van der Waals surface area (Å²) in [5.41, 5.74) is 1.75. The second kappa shape index (κ2) is 4.09. The average molecular weight is 222 g/mol. The molecule has 1 saturated heterocycles. The molecule has 5 nitrogen and oxygen atoms in total. The van der Waals surface area contributed by atoms with Crippen LogP contribution in [0.1, 0.15) is 5.56 Å². The maximum atomic E-state index is 10.9. The molecule has 5 heteroatoms. The van der Waals surface area contributed by atoms with Crippen LogP contribution in [0.4, 0.5) is 11.4 Å². The zero-order valence-corrected chi connectivity index (χ0v) is 9.09. The lowest BCUT2D eigenvalue weighted by Crippen LogP contribution is -2.48. The third-order valence-corrected chi connectivity index (χ3v) is 2.94. The van der Waals surface area contributed by atoms with E-state index in [1.807, 2.05) is 17.9 Å². The molecule has 2 rings (SSSR count). The van der Waals surface area contributed by atoms with Crippen LogP contribution in [0.3, 0.4) is 0 Å². The first-order valence-corrected chi connectivity index (χ1v) is 5.23. The molecule has 0 atom stereocenters. The Labute approximate surface area is 93.5 Å². The number of hydrogen-bond donors (Lipinski definition) is 1. The van der Waals surface area contributed by atoms with Crippen LogP contribution in [-0.2, 0) is 0 Å². The Morgan fingerprint density at radius 2 is 2.25 bits per heavy atom. The molecule has 1 fully saturated rings. The molecular weight excluding hydrogens is 208 g/mol. The van der Waals surface area contributed by atoms with Gasteiger partial charge in [-0.3, -0.25) is 10.1 Å². The van der Waals surface area contributed by atoms with Gasteiger partial charge in [-0.1, -0.05) is 12.1 Å². The van der Waals surface area contributed by atoms with E-state index in [1.165, 1.54) is 6.07 Å². The fourth-order valence-corrected chi connectivity index (χ4v) is 2.07. The van der Waals surface area contributed by atoms with E-state index in [2.05, 4.69) is 0 Å².